The first-order valence-electron chi connectivity index (χ1n) is 11.6. The molecule has 3 saturated heterocycles. The molecule has 0 aromatic carbocycles. The Labute approximate surface area is 187 Å². The summed E-state index contributed by atoms with van der Waals surface area (Å²) in [4.78, 5) is 25.3. The standard InChI is InChI=1S/C25H30O7/c1-22(2)17(23(3)18(31-22)11-19(27)32-23)10-16(26)9-15-5-4-7-24-13-25(15,24)21(28)30-20(24)14-6-8-29-12-14/h5-6,8,12,17-18,20-21,28H,4,7,9-11,13H2,1-3H3. The van der Waals surface area contributed by atoms with Crippen LogP contribution in [0.15, 0.2) is 34.7 Å². The van der Waals surface area contributed by atoms with E-state index in [0.717, 1.165) is 30.4 Å². The number of ether oxygens (including phenoxy) is 3. The zero-order valence-electron chi connectivity index (χ0n) is 18.8. The zero-order valence-corrected chi connectivity index (χ0v) is 18.8. The SMILES string of the molecule is CC1(C)OC2CC(=O)OC2(C)C1CC(=O)CC1=CCCC23CC12C(O)OC3c1ccoc1. The van der Waals surface area contributed by atoms with Gasteiger partial charge in [0.15, 0.2) is 6.29 Å². The van der Waals surface area contributed by atoms with Gasteiger partial charge in [-0.3, -0.25) is 9.59 Å². The average Bonchev–Trinajstić information content (AvgIpc) is 2.96. The van der Waals surface area contributed by atoms with Crippen LogP contribution in [0.2, 0.25) is 0 Å². The van der Waals surface area contributed by atoms with Crippen molar-refractivity contribution in [2.24, 2.45) is 16.7 Å². The van der Waals surface area contributed by atoms with Crippen molar-refractivity contribution in [3.63, 3.8) is 0 Å². The number of hydrogen-bond donors (Lipinski definition) is 1. The van der Waals surface area contributed by atoms with Crippen LogP contribution in [0.3, 0.4) is 0 Å². The normalized spacial score (nSPS) is 45.6. The van der Waals surface area contributed by atoms with Gasteiger partial charge in [0.05, 0.1) is 36.1 Å². The van der Waals surface area contributed by atoms with Crippen LogP contribution in [-0.4, -0.2) is 40.5 Å². The number of carbonyl (C=O) groups excluding carboxylic acids is 2. The van der Waals surface area contributed by atoms with Crippen molar-refractivity contribution < 1.29 is 33.3 Å². The fourth-order valence-corrected chi connectivity index (χ4v) is 7.52. The van der Waals surface area contributed by atoms with E-state index in [-0.39, 0.29) is 54.6 Å². The van der Waals surface area contributed by atoms with E-state index >= 15 is 0 Å². The maximum Gasteiger partial charge on any atom is 0.309 e. The third-order valence-corrected chi connectivity index (χ3v) is 9.07. The van der Waals surface area contributed by atoms with Crippen LogP contribution in [0.4, 0.5) is 0 Å². The van der Waals surface area contributed by atoms with Crippen LogP contribution in [0, 0.1) is 16.7 Å². The van der Waals surface area contributed by atoms with Gasteiger partial charge in [-0.2, -0.15) is 0 Å². The van der Waals surface area contributed by atoms with E-state index in [1.807, 2.05) is 26.8 Å². The largest absolute Gasteiger partial charge is 0.472 e. The first-order valence-corrected chi connectivity index (χ1v) is 11.6. The van der Waals surface area contributed by atoms with Crippen molar-refractivity contribution in [2.45, 2.75) is 89.0 Å². The van der Waals surface area contributed by atoms with Gasteiger partial charge in [0.2, 0.25) is 0 Å². The van der Waals surface area contributed by atoms with Crippen molar-refractivity contribution in [3.8, 4) is 0 Å². The van der Waals surface area contributed by atoms with Crippen molar-refractivity contribution in [2.75, 3.05) is 0 Å². The van der Waals surface area contributed by atoms with Crippen LogP contribution in [0.25, 0.3) is 0 Å². The summed E-state index contributed by atoms with van der Waals surface area (Å²) >= 11 is 0. The highest BCUT2D eigenvalue weighted by atomic mass is 16.6. The number of allylic oxidation sites excluding steroid dienone is 1. The Morgan fingerprint density at radius 2 is 2.09 bits per heavy atom. The van der Waals surface area contributed by atoms with Gasteiger partial charge >= 0.3 is 5.97 Å². The number of rotatable bonds is 5. The molecule has 4 heterocycles. The first-order chi connectivity index (χ1) is 15.1. The van der Waals surface area contributed by atoms with E-state index in [2.05, 4.69) is 6.08 Å². The average molecular weight is 443 g/mol. The predicted molar refractivity (Wildman–Crippen MR) is 111 cm³/mol. The summed E-state index contributed by atoms with van der Waals surface area (Å²) in [6, 6.07) is 1.89. The molecule has 1 aromatic heterocycles. The molecule has 0 amide bonds. The van der Waals surface area contributed by atoms with Crippen LogP contribution in [0.5, 0.6) is 0 Å². The number of carbonyl (C=O) groups is 2. The second kappa shape index (κ2) is 6.33. The fraction of sp³-hybridized carbons (Fsp3) is 0.680. The minimum atomic E-state index is -0.925. The fourth-order valence-electron chi connectivity index (χ4n) is 7.52. The molecule has 7 heteroatoms. The third-order valence-electron chi connectivity index (χ3n) is 9.07. The topological polar surface area (TPSA) is 95.2 Å². The first kappa shape index (κ1) is 20.6. The smallest absolute Gasteiger partial charge is 0.309 e. The van der Waals surface area contributed by atoms with Gasteiger partial charge in [0, 0.05) is 29.7 Å². The number of furan rings is 1. The molecular weight excluding hydrogens is 412 g/mol. The molecule has 172 valence electrons. The molecular formula is C25H30O7. The van der Waals surface area contributed by atoms with E-state index < -0.39 is 22.9 Å². The molecule has 3 aliphatic heterocycles. The van der Waals surface area contributed by atoms with E-state index in [1.54, 1.807) is 12.5 Å². The Kier molecular flexibility index (Phi) is 4.08. The summed E-state index contributed by atoms with van der Waals surface area (Å²) in [6.07, 6.45) is 7.40. The second-order valence-electron chi connectivity index (χ2n) is 11.0. The summed E-state index contributed by atoms with van der Waals surface area (Å²) in [5.41, 5.74) is -0.0513. The molecule has 1 N–H and O–H groups in total. The molecule has 2 aliphatic carbocycles. The molecule has 6 rings (SSSR count). The lowest BCUT2D eigenvalue weighted by atomic mass is 9.72. The molecule has 0 spiro atoms. The van der Waals surface area contributed by atoms with Gasteiger partial charge in [-0.25, -0.2) is 0 Å². The van der Waals surface area contributed by atoms with Gasteiger partial charge in [-0.1, -0.05) is 11.6 Å². The number of esters is 1. The predicted octanol–water partition coefficient (Wildman–Crippen LogP) is 3.61. The Morgan fingerprint density at radius 3 is 2.84 bits per heavy atom. The minimum Gasteiger partial charge on any atom is -0.472 e. The van der Waals surface area contributed by atoms with Gasteiger partial charge in [-0.05, 0) is 46.1 Å². The lowest BCUT2D eigenvalue weighted by Crippen LogP contribution is -2.43. The molecule has 5 aliphatic rings. The van der Waals surface area contributed by atoms with Gasteiger partial charge in [0.25, 0.3) is 0 Å². The van der Waals surface area contributed by atoms with Crippen molar-refractivity contribution in [1.82, 2.24) is 0 Å². The van der Waals surface area contributed by atoms with Crippen LogP contribution >= 0.6 is 0 Å². The molecule has 7 atom stereocenters. The lowest BCUT2D eigenvalue weighted by Gasteiger charge is -2.33. The van der Waals surface area contributed by atoms with Crippen molar-refractivity contribution >= 4 is 11.8 Å². The lowest BCUT2D eigenvalue weighted by molar-refractivity contribution is -0.153. The molecule has 32 heavy (non-hydrogen) atoms. The molecule has 1 saturated carbocycles. The number of fused-ring (bicyclic) bond motifs is 1. The van der Waals surface area contributed by atoms with Gasteiger partial charge < -0.3 is 23.7 Å². The van der Waals surface area contributed by atoms with Crippen LogP contribution in [-0.2, 0) is 23.8 Å². The Morgan fingerprint density at radius 1 is 1.28 bits per heavy atom. The van der Waals surface area contributed by atoms with Crippen molar-refractivity contribution in [3.05, 3.63) is 35.8 Å². The number of hydrogen-bond acceptors (Lipinski definition) is 7. The monoisotopic (exact) mass is 442 g/mol. The van der Waals surface area contributed by atoms with Crippen molar-refractivity contribution in [1.29, 1.82) is 0 Å². The molecule has 7 nitrogen and oxygen atoms in total. The molecule has 1 aromatic rings. The van der Waals surface area contributed by atoms with Gasteiger partial charge in [0.1, 0.15) is 17.5 Å². The van der Waals surface area contributed by atoms with Crippen LogP contribution < -0.4 is 0 Å². The second-order valence-corrected chi connectivity index (χ2v) is 11.0. The Hall–Kier alpha value is -1.96. The van der Waals surface area contributed by atoms with E-state index in [1.165, 1.54) is 0 Å². The summed E-state index contributed by atoms with van der Waals surface area (Å²) in [6.45, 7) is 5.83. The summed E-state index contributed by atoms with van der Waals surface area (Å²) in [7, 11) is 0. The van der Waals surface area contributed by atoms with E-state index in [9.17, 15) is 14.7 Å². The molecule has 4 fully saturated rings. The maximum atomic E-state index is 13.4. The van der Waals surface area contributed by atoms with Gasteiger partial charge in [-0.15, -0.1) is 0 Å². The number of aliphatic hydroxyl groups excluding tert-OH is 1. The highest BCUT2D eigenvalue weighted by Gasteiger charge is 2.81. The molecule has 0 radical (unpaired) electrons. The number of aliphatic hydroxyl groups is 1. The Balaban J connectivity index is 1.22. The third kappa shape index (κ3) is 2.47. The highest BCUT2D eigenvalue weighted by molar-refractivity contribution is 5.82. The summed E-state index contributed by atoms with van der Waals surface area (Å²) < 4.78 is 23.1. The summed E-state index contributed by atoms with van der Waals surface area (Å²) in [5.74, 6) is -0.398. The minimum absolute atomic E-state index is 0.0822. The Bertz CT molecular complexity index is 1010. The number of Topliss-reactive ketones (excluding diaryl/α,β-unsaturated/α-hetero) is 1. The maximum absolute atomic E-state index is 13.4. The van der Waals surface area contributed by atoms with E-state index in [4.69, 9.17) is 18.6 Å². The highest BCUT2D eigenvalue weighted by Crippen LogP contribution is 2.83. The zero-order chi connectivity index (χ0) is 22.5. The quantitative estimate of drug-likeness (QED) is 0.550. The van der Waals surface area contributed by atoms with Crippen LogP contribution in [0.1, 0.15) is 71.0 Å². The molecule has 7 unspecified atom stereocenters. The molecule has 0 bridgehead atoms. The number of ketones is 1. The van der Waals surface area contributed by atoms with E-state index in [0.29, 0.717) is 0 Å². The summed E-state index contributed by atoms with van der Waals surface area (Å²) in [5, 5.41) is 11.0.